The highest BCUT2D eigenvalue weighted by Gasteiger charge is 2.10. The molecular formula is C14H20INO2. The monoisotopic (exact) mass is 361 g/mol. The third-order valence-electron chi connectivity index (χ3n) is 2.49. The maximum Gasteiger partial charge on any atom is 0.252 e. The van der Waals surface area contributed by atoms with Gasteiger partial charge in [0.05, 0.1) is 11.7 Å². The van der Waals surface area contributed by atoms with Gasteiger partial charge in [-0.05, 0) is 61.4 Å². The molecule has 0 spiro atoms. The molecule has 0 saturated heterocycles. The van der Waals surface area contributed by atoms with Gasteiger partial charge in [0, 0.05) is 16.7 Å². The average molecular weight is 361 g/mol. The minimum absolute atomic E-state index is 0.00681. The highest BCUT2D eigenvalue weighted by Crippen LogP contribution is 2.16. The third-order valence-corrected chi connectivity index (χ3v) is 3.93. The first kappa shape index (κ1) is 15.4. The molecule has 1 aromatic carbocycles. The number of hydrogen-bond acceptors (Lipinski definition) is 2. The van der Waals surface area contributed by atoms with E-state index in [1.807, 2.05) is 39.0 Å². The van der Waals surface area contributed by atoms with Gasteiger partial charge in [0.15, 0.2) is 0 Å². The Morgan fingerprint density at radius 3 is 2.83 bits per heavy atom. The molecule has 0 fully saturated rings. The summed E-state index contributed by atoms with van der Waals surface area (Å²) in [5, 5.41) is 2.92. The van der Waals surface area contributed by atoms with Gasteiger partial charge in [-0.15, -0.1) is 0 Å². The summed E-state index contributed by atoms with van der Waals surface area (Å²) >= 11 is 2.21. The fourth-order valence-electron chi connectivity index (χ4n) is 1.51. The Morgan fingerprint density at radius 2 is 2.17 bits per heavy atom. The van der Waals surface area contributed by atoms with Crippen molar-refractivity contribution < 1.29 is 9.53 Å². The molecule has 0 aliphatic heterocycles. The van der Waals surface area contributed by atoms with E-state index in [1.165, 1.54) is 0 Å². The van der Waals surface area contributed by atoms with Gasteiger partial charge in [0.2, 0.25) is 0 Å². The molecule has 0 radical (unpaired) electrons. The van der Waals surface area contributed by atoms with Gasteiger partial charge in [0.1, 0.15) is 0 Å². The molecule has 0 aromatic heterocycles. The summed E-state index contributed by atoms with van der Waals surface area (Å²) < 4.78 is 6.44. The maximum atomic E-state index is 12.0. The first-order valence-corrected chi connectivity index (χ1v) is 7.25. The lowest BCUT2D eigenvalue weighted by Gasteiger charge is -2.10. The molecule has 100 valence electrons. The minimum Gasteiger partial charge on any atom is -0.379 e. The highest BCUT2D eigenvalue weighted by atomic mass is 127. The Hall–Kier alpha value is -0.620. The zero-order chi connectivity index (χ0) is 13.5. The van der Waals surface area contributed by atoms with E-state index in [-0.39, 0.29) is 12.0 Å². The van der Waals surface area contributed by atoms with Crippen LogP contribution >= 0.6 is 22.6 Å². The van der Waals surface area contributed by atoms with Gasteiger partial charge in [-0.25, -0.2) is 0 Å². The Bertz CT molecular complexity index is 405. The van der Waals surface area contributed by atoms with Crippen molar-refractivity contribution in [2.24, 2.45) is 0 Å². The first-order valence-electron chi connectivity index (χ1n) is 6.17. The van der Waals surface area contributed by atoms with E-state index in [2.05, 4.69) is 27.9 Å². The van der Waals surface area contributed by atoms with Crippen LogP contribution in [0.3, 0.4) is 0 Å². The number of nitrogens with one attached hydrogen (secondary N) is 1. The maximum absolute atomic E-state index is 12.0. The molecule has 1 rings (SSSR count). The number of amides is 1. The number of halogens is 1. The lowest BCUT2D eigenvalue weighted by atomic mass is 10.1. The Morgan fingerprint density at radius 1 is 1.44 bits per heavy atom. The summed E-state index contributed by atoms with van der Waals surface area (Å²) in [5.41, 5.74) is 1.88. The molecule has 1 aromatic rings. The average Bonchev–Trinajstić information content (AvgIpc) is 2.31. The molecule has 0 saturated carbocycles. The molecule has 0 atom stereocenters. The van der Waals surface area contributed by atoms with Crippen LogP contribution in [-0.2, 0) is 4.74 Å². The predicted molar refractivity (Wildman–Crippen MR) is 81.9 cm³/mol. The second-order valence-electron chi connectivity index (χ2n) is 4.47. The van der Waals surface area contributed by atoms with Crippen LogP contribution in [0.4, 0.5) is 0 Å². The van der Waals surface area contributed by atoms with Crippen molar-refractivity contribution in [2.45, 2.75) is 33.3 Å². The van der Waals surface area contributed by atoms with Crippen molar-refractivity contribution in [2.75, 3.05) is 13.2 Å². The fraction of sp³-hybridized carbons (Fsp3) is 0.500. The highest BCUT2D eigenvalue weighted by molar-refractivity contribution is 14.1. The van der Waals surface area contributed by atoms with Crippen molar-refractivity contribution in [3.63, 3.8) is 0 Å². The van der Waals surface area contributed by atoms with Crippen LogP contribution in [0.15, 0.2) is 18.2 Å². The lowest BCUT2D eigenvalue weighted by molar-refractivity contribution is 0.0757. The van der Waals surface area contributed by atoms with Crippen molar-refractivity contribution in [3.8, 4) is 0 Å². The smallest absolute Gasteiger partial charge is 0.252 e. The first-order chi connectivity index (χ1) is 8.52. The molecule has 0 bridgehead atoms. The van der Waals surface area contributed by atoms with Crippen LogP contribution in [0.25, 0.3) is 0 Å². The quantitative estimate of drug-likeness (QED) is 0.625. The molecule has 18 heavy (non-hydrogen) atoms. The van der Waals surface area contributed by atoms with Gasteiger partial charge in [-0.1, -0.05) is 12.1 Å². The zero-order valence-corrected chi connectivity index (χ0v) is 13.3. The zero-order valence-electron chi connectivity index (χ0n) is 11.1. The van der Waals surface area contributed by atoms with Crippen molar-refractivity contribution in [3.05, 3.63) is 32.9 Å². The Balaban J connectivity index is 2.39. The predicted octanol–water partition coefficient (Wildman–Crippen LogP) is 3.14. The molecule has 3 nitrogen and oxygen atoms in total. The van der Waals surface area contributed by atoms with Crippen molar-refractivity contribution >= 4 is 28.5 Å². The molecule has 1 N–H and O–H groups in total. The summed E-state index contributed by atoms with van der Waals surface area (Å²) in [4.78, 5) is 12.0. The number of ether oxygens (including phenoxy) is 1. The largest absolute Gasteiger partial charge is 0.379 e. The Kier molecular flexibility index (Phi) is 6.63. The molecule has 4 heteroatoms. The molecule has 0 heterocycles. The molecule has 0 aliphatic carbocycles. The SMILES string of the molecule is Cc1cccc(C(=O)NCCCOC(C)C)c1I. The summed E-state index contributed by atoms with van der Waals surface area (Å²) in [6, 6.07) is 5.78. The molecule has 0 unspecified atom stereocenters. The second-order valence-corrected chi connectivity index (χ2v) is 5.54. The van der Waals surface area contributed by atoms with Crippen molar-refractivity contribution in [1.82, 2.24) is 5.32 Å². The summed E-state index contributed by atoms with van der Waals surface area (Å²) in [7, 11) is 0. The molecule has 1 amide bonds. The fourth-order valence-corrected chi connectivity index (χ4v) is 2.12. The number of carbonyl (C=O) groups excluding carboxylic acids is 1. The summed E-state index contributed by atoms with van der Waals surface area (Å²) in [6.45, 7) is 7.36. The molecular weight excluding hydrogens is 341 g/mol. The van der Waals surface area contributed by atoms with Crippen molar-refractivity contribution in [1.29, 1.82) is 0 Å². The van der Waals surface area contributed by atoms with Gasteiger partial charge in [0.25, 0.3) is 5.91 Å². The third kappa shape index (κ3) is 4.94. The molecule has 0 aliphatic rings. The second kappa shape index (κ2) is 7.74. The number of aryl methyl sites for hydroxylation is 1. The van der Waals surface area contributed by atoms with Gasteiger partial charge >= 0.3 is 0 Å². The van der Waals surface area contributed by atoms with E-state index < -0.39 is 0 Å². The van der Waals surface area contributed by atoms with Crippen LogP contribution < -0.4 is 5.32 Å². The summed E-state index contributed by atoms with van der Waals surface area (Å²) in [6.07, 6.45) is 1.09. The minimum atomic E-state index is -0.00681. The number of carbonyl (C=O) groups is 1. The van der Waals surface area contributed by atoms with E-state index in [9.17, 15) is 4.79 Å². The summed E-state index contributed by atoms with van der Waals surface area (Å²) in [5.74, 6) is -0.00681. The standard InChI is InChI=1S/C14H20INO2/c1-10(2)18-9-5-8-16-14(17)12-7-4-6-11(3)13(12)15/h4,6-7,10H,5,8-9H2,1-3H3,(H,16,17). The number of rotatable bonds is 6. The van der Waals surface area contributed by atoms with Gasteiger partial charge in [-0.2, -0.15) is 0 Å². The number of hydrogen-bond donors (Lipinski definition) is 1. The van der Waals surface area contributed by atoms with E-state index in [1.54, 1.807) is 0 Å². The van der Waals surface area contributed by atoms with Crippen LogP contribution in [0.2, 0.25) is 0 Å². The lowest BCUT2D eigenvalue weighted by Crippen LogP contribution is -2.26. The number of benzene rings is 1. The van der Waals surface area contributed by atoms with Crippen LogP contribution in [0.1, 0.15) is 36.2 Å². The van der Waals surface area contributed by atoms with Crippen LogP contribution in [0, 0.1) is 10.5 Å². The topological polar surface area (TPSA) is 38.3 Å². The normalized spacial score (nSPS) is 10.7. The van der Waals surface area contributed by atoms with E-state index >= 15 is 0 Å². The van der Waals surface area contributed by atoms with E-state index in [0.29, 0.717) is 13.2 Å². The Labute approximate surface area is 122 Å². The van der Waals surface area contributed by atoms with Crippen LogP contribution in [0.5, 0.6) is 0 Å². The van der Waals surface area contributed by atoms with Gasteiger partial charge in [-0.3, -0.25) is 4.79 Å². The van der Waals surface area contributed by atoms with E-state index in [4.69, 9.17) is 4.74 Å². The van der Waals surface area contributed by atoms with Crippen LogP contribution in [-0.4, -0.2) is 25.2 Å². The van der Waals surface area contributed by atoms with E-state index in [0.717, 1.165) is 21.1 Å². The van der Waals surface area contributed by atoms with Gasteiger partial charge < -0.3 is 10.1 Å².